The smallest absolute Gasteiger partial charge is 0.323 e. The third kappa shape index (κ3) is 3.85. The summed E-state index contributed by atoms with van der Waals surface area (Å²) in [7, 11) is 0. The van der Waals surface area contributed by atoms with Crippen molar-refractivity contribution in [1.82, 2.24) is 14.6 Å². The Kier molecular flexibility index (Phi) is 5.29. The van der Waals surface area contributed by atoms with Gasteiger partial charge < -0.3 is 10.6 Å². The average molecular weight is 393 g/mol. The molecule has 0 unspecified atom stereocenters. The van der Waals surface area contributed by atoms with Crippen molar-refractivity contribution in [2.45, 2.75) is 65.3 Å². The Morgan fingerprint density at radius 2 is 2.07 bits per heavy atom. The third-order valence-corrected chi connectivity index (χ3v) is 7.09. The van der Waals surface area contributed by atoms with Gasteiger partial charge in [-0.15, -0.1) is 0 Å². The summed E-state index contributed by atoms with van der Waals surface area (Å²) in [5.74, 6) is -0.111. The van der Waals surface area contributed by atoms with Crippen LogP contribution in [0, 0.1) is 18.3 Å². The highest BCUT2D eigenvalue weighted by atomic mass is 32.1. The van der Waals surface area contributed by atoms with E-state index in [1.165, 1.54) is 11.5 Å². The van der Waals surface area contributed by atoms with Crippen LogP contribution in [0.1, 0.15) is 58.6 Å². The fourth-order valence-corrected chi connectivity index (χ4v) is 4.76. The molecule has 1 spiro atoms. The second-order valence-electron chi connectivity index (χ2n) is 8.40. The number of imide groups is 1. The van der Waals surface area contributed by atoms with Gasteiger partial charge in [0.25, 0.3) is 5.91 Å². The molecule has 1 aromatic heterocycles. The summed E-state index contributed by atoms with van der Waals surface area (Å²) in [6, 6.07) is 1.29. The Labute approximate surface area is 164 Å². The number of nitrogens with zero attached hydrogens (tertiary/aromatic N) is 2. The molecule has 8 heteroatoms. The van der Waals surface area contributed by atoms with Gasteiger partial charge in [0, 0.05) is 0 Å². The first-order chi connectivity index (χ1) is 12.7. The van der Waals surface area contributed by atoms with E-state index in [9.17, 15) is 14.4 Å². The van der Waals surface area contributed by atoms with Gasteiger partial charge in [-0.2, -0.15) is 4.37 Å². The number of nitrogens with one attached hydrogen (secondary N) is 2. The number of anilines is 1. The van der Waals surface area contributed by atoms with Gasteiger partial charge >= 0.3 is 6.03 Å². The van der Waals surface area contributed by atoms with E-state index in [0.717, 1.165) is 29.9 Å². The lowest BCUT2D eigenvalue weighted by atomic mass is 9.65. The summed E-state index contributed by atoms with van der Waals surface area (Å²) >= 11 is 1.18. The molecule has 1 aliphatic carbocycles. The molecule has 0 bridgehead atoms. The first-order valence-corrected chi connectivity index (χ1v) is 10.3. The second kappa shape index (κ2) is 7.22. The van der Waals surface area contributed by atoms with Gasteiger partial charge in [0.15, 0.2) is 0 Å². The molecule has 0 atom stereocenters. The maximum absolute atomic E-state index is 13.0. The molecule has 1 saturated heterocycles. The van der Waals surface area contributed by atoms with Crippen LogP contribution in [-0.2, 0) is 9.59 Å². The van der Waals surface area contributed by atoms with Crippen molar-refractivity contribution in [2.24, 2.45) is 11.3 Å². The van der Waals surface area contributed by atoms with Crippen molar-refractivity contribution in [3.05, 3.63) is 11.8 Å². The molecule has 1 saturated carbocycles. The molecule has 4 amide bonds. The van der Waals surface area contributed by atoms with Crippen LogP contribution in [0.25, 0.3) is 0 Å². The van der Waals surface area contributed by atoms with Crippen LogP contribution < -0.4 is 10.6 Å². The highest BCUT2D eigenvalue weighted by Gasteiger charge is 2.53. The van der Waals surface area contributed by atoms with Crippen LogP contribution in [0.3, 0.4) is 0 Å². The Hall–Kier alpha value is -1.96. The molecule has 2 N–H and O–H groups in total. The first kappa shape index (κ1) is 19.8. The Morgan fingerprint density at radius 1 is 1.41 bits per heavy atom. The predicted molar refractivity (Wildman–Crippen MR) is 104 cm³/mol. The topological polar surface area (TPSA) is 91.4 Å². The molecule has 2 aliphatic rings. The van der Waals surface area contributed by atoms with Gasteiger partial charge in [-0.1, -0.05) is 27.2 Å². The van der Waals surface area contributed by atoms with Gasteiger partial charge in [-0.25, -0.2) is 4.79 Å². The maximum Gasteiger partial charge on any atom is 0.325 e. The van der Waals surface area contributed by atoms with Crippen molar-refractivity contribution in [3.8, 4) is 0 Å². The lowest BCUT2D eigenvalue weighted by molar-refractivity contribution is -0.135. The lowest BCUT2D eigenvalue weighted by Crippen LogP contribution is -2.51. The van der Waals surface area contributed by atoms with E-state index >= 15 is 0 Å². The van der Waals surface area contributed by atoms with E-state index in [2.05, 4.69) is 35.8 Å². The van der Waals surface area contributed by atoms with Crippen LogP contribution in [-0.4, -0.2) is 39.2 Å². The summed E-state index contributed by atoms with van der Waals surface area (Å²) in [6.45, 7) is 8.29. The van der Waals surface area contributed by atoms with Crippen molar-refractivity contribution < 1.29 is 14.4 Å². The molecule has 3 rings (SSSR count). The number of aromatic nitrogens is 1. The van der Waals surface area contributed by atoms with Crippen molar-refractivity contribution >= 4 is 34.4 Å². The summed E-state index contributed by atoms with van der Waals surface area (Å²) in [5.41, 5.74) is 0.217. The minimum absolute atomic E-state index is 0.236. The molecule has 0 aromatic carbocycles. The monoisotopic (exact) mass is 392 g/mol. The number of carbonyl (C=O) groups is 3. The normalized spacial score (nSPS) is 25.8. The first-order valence-electron chi connectivity index (χ1n) is 9.54. The molecule has 7 nitrogen and oxygen atoms in total. The molecule has 0 radical (unpaired) electrons. The van der Waals surface area contributed by atoms with Crippen LogP contribution in [0.2, 0.25) is 0 Å². The zero-order valence-electron chi connectivity index (χ0n) is 16.4. The van der Waals surface area contributed by atoms with Crippen LogP contribution >= 0.6 is 11.5 Å². The number of aryl methyl sites for hydroxylation is 1. The quantitative estimate of drug-likeness (QED) is 0.752. The van der Waals surface area contributed by atoms with Crippen molar-refractivity contribution in [2.75, 3.05) is 11.9 Å². The SMILES string of the molecule is CCC(C)(C)C1CCC2(CC1)NC(=O)N(CC(=O)Nc1cc(C)ns1)C2=O. The Balaban J connectivity index is 1.62. The van der Waals surface area contributed by atoms with Gasteiger partial charge in [0.2, 0.25) is 5.91 Å². The minimum Gasteiger partial charge on any atom is -0.323 e. The molecule has 2 heterocycles. The number of amides is 4. The zero-order chi connectivity index (χ0) is 19.8. The summed E-state index contributed by atoms with van der Waals surface area (Å²) in [4.78, 5) is 38.7. The van der Waals surface area contributed by atoms with Crippen molar-refractivity contribution in [3.63, 3.8) is 0 Å². The molecule has 1 aliphatic heterocycles. The van der Waals surface area contributed by atoms with E-state index in [4.69, 9.17) is 0 Å². The van der Waals surface area contributed by atoms with Crippen molar-refractivity contribution in [1.29, 1.82) is 0 Å². The van der Waals surface area contributed by atoms with Crippen LogP contribution in [0.4, 0.5) is 9.80 Å². The summed E-state index contributed by atoms with van der Waals surface area (Å²) in [5, 5.41) is 6.19. The minimum atomic E-state index is -0.835. The summed E-state index contributed by atoms with van der Waals surface area (Å²) < 4.78 is 4.10. The van der Waals surface area contributed by atoms with Gasteiger partial charge in [-0.3, -0.25) is 14.5 Å². The standard InChI is InChI=1S/C19H28N4O3S/c1-5-18(3,4)13-6-8-19(9-7-13)16(25)23(17(26)21-19)11-14(24)20-15-10-12(2)22-27-15/h10,13H,5-9,11H2,1-4H3,(H,20,24)(H,21,26). The number of hydrogen-bond acceptors (Lipinski definition) is 5. The zero-order valence-corrected chi connectivity index (χ0v) is 17.2. The molecule has 27 heavy (non-hydrogen) atoms. The molecule has 148 valence electrons. The van der Waals surface area contributed by atoms with Crippen LogP contribution in [0.15, 0.2) is 6.07 Å². The van der Waals surface area contributed by atoms with Crippen LogP contribution in [0.5, 0.6) is 0 Å². The third-order valence-electron chi connectivity index (χ3n) is 6.29. The van der Waals surface area contributed by atoms with E-state index in [1.54, 1.807) is 6.07 Å². The van der Waals surface area contributed by atoms with E-state index in [1.807, 2.05) is 6.92 Å². The lowest BCUT2D eigenvalue weighted by Gasteiger charge is -2.42. The molecule has 2 fully saturated rings. The predicted octanol–water partition coefficient (Wildman–Crippen LogP) is 3.31. The molecular formula is C19H28N4O3S. The van der Waals surface area contributed by atoms with E-state index in [-0.39, 0.29) is 23.8 Å². The van der Waals surface area contributed by atoms with E-state index in [0.29, 0.717) is 23.8 Å². The van der Waals surface area contributed by atoms with Gasteiger partial charge in [0.1, 0.15) is 17.1 Å². The largest absolute Gasteiger partial charge is 0.325 e. The number of carbonyl (C=O) groups excluding carboxylic acids is 3. The summed E-state index contributed by atoms with van der Waals surface area (Å²) in [6.07, 6.45) is 4.18. The average Bonchev–Trinajstić information content (AvgIpc) is 3.12. The number of urea groups is 1. The molecular weight excluding hydrogens is 364 g/mol. The Morgan fingerprint density at radius 3 is 2.63 bits per heavy atom. The maximum atomic E-state index is 13.0. The highest BCUT2D eigenvalue weighted by Crippen LogP contribution is 2.45. The second-order valence-corrected chi connectivity index (χ2v) is 9.21. The number of rotatable bonds is 5. The van der Waals surface area contributed by atoms with Gasteiger partial charge in [-0.05, 0) is 61.5 Å². The Bertz CT molecular complexity index is 750. The van der Waals surface area contributed by atoms with Gasteiger partial charge in [0.05, 0.1) is 5.69 Å². The number of hydrogen-bond donors (Lipinski definition) is 2. The fourth-order valence-electron chi connectivity index (χ4n) is 4.08. The molecule has 1 aromatic rings. The fraction of sp³-hybridized carbons (Fsp3) is 0.684. The highest BCUT2D eigenvalue weighted by molar-refractivity contribution is 7.10. The van der Waals surface area contributed by atoms with E-state index < -0.39 is 11.6 Å².